The van der Waals surface area contributed by atoms with Gasteiger partial charge in [-0.1, -0.05) is 18.5 Å². The van der Waals surface area contributed by atoms with Crippen LogP contribution in [0, 0.1) is 5.92 Å². The first kappa shape index (κ1) is 15.7. The van der Waals surface area contributed by atoms with Crippen molar-refractivity contribution in [3.8, 4) is 0 Å². The van der Waals surface area contributed by atoms with Gasteiger partial charge in [0.2, 0.25) is 0 Å². The van der Waals surface area contributed by atoms with E-state index >= 15 is 0 Å². The van der Waals surface area contributed by atoms with Gasteiger partial charge in [-0.3, -0.25) is 0 Å². The number of hydrogen-bond acceptors (Lipinski definition) is 3. The Morgan fingerprint density at radius 2 is 2.30 bits per heavy atom. The molecule has 0 radical (unpaired) electrons. The molecule has 0 spiro atoms. The SMILES string of the molecule is CC1CCCN(c2ccc(Cl)cc2NCC(O)CCl)C1. The molecule has 2 atom stereocenters. The second-order valence-corrected chi connectivity index (χ2v) is 6.29. The number of nitrogens with one attached hydrogen (secondary N) is 1. The molecule has 2 unspecified atom stereocenters. The summed E-state index contributed by atoms with van der Waals surface area (Å²) < 4.78 is 0. The first-order valence-electron chi connectivity index (χ1n) is 7.12. The molecule has 1 heterocycles. The topological polar surface area (TPSA) is 35.5 Å². The maximum atomic E-state index is 9.59. The zero-order valence-electron chi connectivity index (χ0n) is 11.8. The second kappa shape index (κ2) is 7.39. The van der Waals surface area contributed by atoms with Crippen LogP contribution in [0.4, 0.5) is 11.4 Å². The quantitative estimate of drug-likeness (QED) is 0.815. The molecule has 1 fully saturated rings. The van der Waals surface area contributed by atoms with E-state index in [4.69, 9.17) is 23.2 Å². The molecular formula is C15H22Cl2N2O. The Kier molecular flexibility index (Phi) is 5.82. The van der Waals surface area contributed by atoms with Gasteiger partial charge in [0.15, 0.2) is 0 Å². The summed E-state index contributed by atoms with van der Waals surface area (Å²) in [5.41, 5.74) is 2.12. The molecule has 112 valence electrons. The molecule has 1 aliphatic rings. The third-order valence-corrected chi connectivity index (χ3v) is 4.25. The summed E-state index contributed by atoms with van der Waals surface area (Å²) in [5.74, 6) is 0.935. The Hall–Kier alpha value is -0.640. The van der Waals surface area contributed by atoms with Crippen LogP contribution >= 0.6 is 23.2 Å². The number of benzene rings is 1. The normalized spacial score (nSPS) is 20.8. The van der Waals surface area contributed by atoms with Gasteiger partial charge in [-0.2, -0.15) is 0 Å². The van der Waals surface area contributed by atoms with Crippen molar-refractivity contribution in [3.63, 3.8) is 0 Å². The minimum absolute atomic E-state index is 0.226. The van der Waals surface area contributed by atoms with Crippen LogP contribution in [0.15, 0.2) is 18.2 Å². The summed E-state index contributed by atoms with van der Waals surface area (Å²) in [5, 5.41) is 13.5. The first-order chi connectivity index (χ1) is 9.60. The van der Waals surface area contributed by atoms with E-state index in [9.17, 15) is 5.11 Å². The summed E-state index contributed by atoms with van der Waals surface area (Å²) in [6.07, 6.45) is 1.95. The lowest BCUT2D eigenvalue weighted by molar-refractivity contribution is 0.211. The first-order valence-corrected chi connectivity index (χ1v) is 8.03. The summed E-state index contributed by atoms with van der Waals surface area (Å²) in [6, 6.07) is 5.88. The van der Waals surface area contributed by atoms with Crippen molar-refractivity contribution in [2.45, 2.75) is 25.9 Å². The zero-order valence-corrected chi connectivity index (χ0v) is 13.3. The van der Waals surface area contributed by atoms with Gasteiger partial charge in [-0.25, -0.2) is 0 Å². The van der Waals surface area contributed by atoms with E-state index in [2.05, 4.69) is 23.2 Å². The molecular weight excluding hydrogens is 295 g/mol. The lowest BCUT2D eigenvalue weighted by Crippen LogP contribution is -2.35. The molecule has 0 amide bonds. The van der Waals surface area contributed by atoms with Crippen LogP contribution < -0.4 is 10.2 Å². The predicted octanol–water partition coefficient (Wildman–Crippen LogP) is 3.59. The van der Waals surface area contributed by atoms with Crippen molar-refractivity contribution in [2.24, 2.45) is 5.92 Å². The minimum Gasteiger partial charge on any atom is -0.390 e. The lowest BCUT2D eigenvalue weighted by Gasteiger charge is -2.34. The fourth-order valence-electron chi connectivity index (χ4n) is 2.62. The van der Waals surface area contributed by atoms with Gasteiger partial charge in [0.1, 0.15) is 0 Å². The van der Waals surface area contributed by atoms with E-state index in [-0.39, 0.29) is 5.88 Å². The molecule has 5 heteroatoms. The Balaban J connectivity index is 2.14. The van der Waals surface area contributed by atoms with Gasteiger partial charge < -0.3 is 15.3 Å². The Morgan fingerprint density at radius 1 is 1.50 bits per heavy atom. The fourth-order valence-corrected chi connectivity index (χ4v) is 2.90. The Bertz CT molecular complexity index is 442. The van der Waals surface area contributed by atoms with Crippen molar-refractivity contribution in [1.82, 2.24) is 0 Å². The number of rotatable bonds is 5. The zero-order chi connectivity index (χ0) is 14.5. The standard InChI is InChI=1S/C15H22Cl2N2O/c1-11-3-2-6-19(10-11)15-5-4-12(17)7-14(15)18-9-13(20)8-16/h4-5,7,11,13,18,20H,2-3,6,8-10H2,1H3. The van der Waals surface area contributed by atoms with Gasteiger partial charge >= 0.3 is 0 Å². The van der Waals surface area contributed by atoms with Gasteiger partial charge in [-0.15, -0.1) is 11.6 Å². The molecule has 2 N–H and O–H groups in total. The van der Waals surface area contributed by atoms with Crippen LogP contribution in [0.3, 0.4) is 0 Å². The largest absolute Gasteiger partial charge is 0.390 e. The number of aliphatic hydroxyl groups is 1. The number of hydrogen-bond donors (Lipinski definition) is 2. The van der Waals surface area contributed by atoms with Gasteiger partial charge in [0.05, 0.1) is 23.4 Å². The molecule has 1 aromatic carbocycles. The molecule has 0 bridgehead atoms. The highest BCUT2D eigenvalue weighted by molar-refractivity contribution is 6.31. The predicted molar refractivity (Wildman–Crippen MR) is 87.3 cm³/mol. The van der Waals surface area contributed by atoms with Crippen molar-refractivity contribution in [3.05, 3.63) is 23.2 Å². The summed E-state index contributed by atoms with van der Waals surface area (Å²) >= 11 is 11.7. The van der Waals surface area contributed by atoms with E-state index in [1.54, 1.807) is 0 Å². The monoisotopic (exact) mass is 316 g/mol. The third kappa shape index (κ3) is 4.18. The van der Waals surface area contributed by atoms with Crippen molar-refractivity contribution in [1.29, 1.82) is 0 Å². The molecule has 0 saturated carbocycles. The van der Waals surface area contributed by atoms with Crippen LogP contribution in [0.25, 0.3) is 0 Å². The molecule has 20 heavy (non-hydrogen) atoms. The molecule has 1 aromatic rings. The van der Waals surface area contributed by atoms with Gasteiger partial charge in [-0.05, 0) is 37.0 Å². The number of aliphatic hydroxyl groups excluding tert-OH is 1. The highest BCUT2D eigenvalue weighted by atomic mass is 35.5. The van der Waals surface area contributed by atoms with Crippen LogP contribution in [-0.4, -0.2) is 36.7 Å². The second-order valence-electron chi connectivity index (χ2n) is 5.54. The molecule has 1 aliphatic heterocycles. The van der Waals surface area contributed by atoms with Crippen molar-refractivity contribution in [2.75, 3.05) is 35.7 Å². The van der Waals surface area contributed by atoms with Crippen molar-refractivity contribution >= 4 is 34.6 Å². The summed E-state index contributed by atoms with van der Waals surface area (Å²) in [6.45, 7) is 4.85. The van der Waals surface area contributed by atoms with E-state index < -0.39 is 6.10 Å². The van der Waals surface area contributed by atoms with E-state index in [1.165, 1.54) is 12.8 Å². The maximum Gasteiger partial charge on any atom is 0.0847 e. The van der Waals surface area contributed by atoms with Crippen LogP contribution in [0.2, 0.25) is 5.02 Å². The van der Waals surface area contributed by atoms with E-state index in [0.29, 0.717) is 17.5 Å². The smallest absolute Gasteiger partial charge is 0.0847 e. The molecule has 3 nitrogen and oxygen atoms in total. The fraction of sp³-hybridized carbons (Fsp3) is 0.600. The molecule has 2 rings (SSSR count). The van der Waals surface area contributed by atoms with Crippen LogP contribution in [-0.2, 0) is 0 Å². The Labute approximate surface area is 130 Å². The van der Waals surface area contributed by atoms with E-state index in [1.807, 2.05) is 12.1 Å². The average molecular weight is 317 g/mol. The number of nitrogens with zero attached hydrogens (tertiary/aromatic N) is 1. The van der Waals surface area contributed by atoms with Gasteiger partial charge in [0, 0.05) is 24.7 Å². The number of alkyl halides is 1. The lowest BCUT2D eigenvalue weighted by atomic mass is 9.99. The molecule has 0 aliphatic carbocycles. The summed E-state index contributed by atoms with van der Waals surface area (Å²) in [4.78, 5) is 2.39. The third-order valence-electron chi connectivity index (χ3n) is 3.66. The number of halogens is 2. The number of piperidine rings is 1. The van der Waals surface area contributed by atoms with Crippen LogP contribution in [0.1, 0.15) is 19.8 Å². The minimum atomic E-state index is -0.552. The van der Waals surface area contributed by atoms with E-state index in [0.717, 1.165) is 24.5 Å². The highest BCUT2D eigenvalue weighted by Crippen LogP contribution is 2.32. The average Bonchev–Trinajstić information content (AvgIpc) is 2.44. The van der Waals surface area contributed by atoms with Crippen LogP contribution in [0.5, 0.6) is 0 Å². The molecule has 0 aromatic heterocycles. The maximum absolute atomic E-state index is 9.59. The van der Waals surface area contributed by atoms with Crippen molar-refractivity contribution < 1.29 is 5.11 Å². The number of anilines is 2. The summed E-state index contributed by atoms with van der Waals surface area (Å²) in [7, 11) is 0. The van der Waals surface area contributed by atoms with Gasteiger partial charge in [0.25, 0.3) is 0 Å². The Morgan fingerprint density at radius 3 is 3.00 bits per heavy atom. The highest BCUT2D eigenvalue weighted by Gasteiger charge is 2.19. The molecule has 1 saturated heterocycles.